The number of aryl methyl sites for hydroxylation is 3. The molecule has 0 unspecified atom stereocenters. The fourth-order valence-electron chi connectivity index (χ4n) is 2.27. The smallest absolute Gasteiger partial charge is 0.244 e. The predicted molar refractivity (Wildman–Crippen MR) is 78.3 cm³/mol. The van der Waals surface area contributed by atoms with E-state index in [1.54, 1.807) is 16.7 Å². The maximum Gasteiger partial charge on any atom is 0.244 e. The first kappa shape index (κ1) is 13.9. The molecule has 0 saturated carbocycles. The Morgan fingerprint density at radius 2 is 1.95 bits per heavy atom. The zero-order chi connectivity index (χ0) is 14.0. The summed E-state index contributed by atoms with van der Waals surface area (Å²) in [7, 11) is 0. The van der Waals surface area contributed by atoms with E-state index in [4.69, 9.17) is 0 Å². The van der Waals surface area contributed by atoms with Gasteiger partial charge in [0.25, 0.3) is 0 Å². The number of benzene rings is 1. The van der Waals surface area contributed by atoms with E-state index < -0.39 is 0 Å². The number of thioether (sulfide) groups is 1. The molecule has 1 N–H and O–H groups in total. The first-order valence-corrected chi connectivity index (χ1v) is 7.36. The van der Waals surface area contributed by atoms with Gasteiger partial charge in [-0.2, -0.15) is 0 Å². The summed E-state index contributed by atoms with van der Waals surface area (Å²) >= 11 is 1.54. The normalized spacial score (nSPS) is 14.9. The number of anilines is 1. The molecule has 1 aromatic rings. The van der Waals surface area contributed by atoms with Crippen LogP contribution in [0.4, 0.5) is 5.69 Å². The molecule has 1 heterocycles. The van der Waals surface area contributed by atoms with Crippen LogP contribution in [0, 0.1) is 20.8 Å². The molecule has 0 atom stereocenters. The molecule has 2 amide bonds. The van der Waals surface area contributed by atoms with Gasteiger partial charge in [-0.1, -0.05) is 17.7 Å². The van der Waals surface area contributed by atoms with Crippen LogP contribution in [-0.2, 0) is 9.59 Å². The summed E-state index contributed by atoms with van der Waals surface area (Å²) in [5.41, 5.74) is 4.13. The molecule has 1 saturated heterocycles. The minimum atomic E-state index is -0.133. The molecule has 0 aliphatic carbocycles. The SMILES string of the molecule is Cc1cc(C)c(NC(=O)CN2CSCC2=O)c(C)c1. The highest BCUT2D eigenvalue weighted by atomic mass is 32.2. The van der Waals surface area contributed by atoms with Crippen molar-refractivity contribution in [3.63, 3.8) is 0 Å². The number of carbonyl (C=O) groups excluding carboxylic acids is 2. The third-order valence-electron chi connectivity index (χ3n) is 3.10. The van der Waals surface area contributed by atoms with Crippen molar-refractivity contribution in [1.29, 1.82) is 0 Å². The average molecular weight is 278 g/mol. The third kappa shape index (κ3) is 3.29. The van der Waals surface area contributed by atoms with E-state index in [1.807, 2.05) is 32.9 Å². The highest BCUT2D eigenvalue weighted by Gasteiger charge is 2.23. The predicted octanol–water partition coefficient (Wildman–Crippen LogP) is 2.08. The van der Waals surface area contributed by atoms with Crippen molar-refractivity contribution in [2.24, 2.45) is 0 Å². The van der Waals surface area contributed by atoms with Crippen LogP contribution < -0.4 is 5.32 Å². The third-order valence-corrected chi connectivity index (χ3v) is 4.05. The van der Waals surface area contributed by atoms with E-state index in [0.717, 1.165) is 16.8 Å². The Bertz CT molecular complexity index is 505. The zero-order valence-corrected chi connectivity index (χ0v) is 12.3. The summed E-state index contributed by atoms with van der Waals surface area (Å²) in [5, 5.41) is 2.91. The molecular formula is C14H18N2O2S. The molecule has 0 bridgehead atoms. The van der Waals surface area contributed by atoms with E-state index in [0.29, 0.717) is 11.6 Å². The lowest BCUT2D eigenvalue weighted by Crippen LogP contribution is -2.34. The second-order valence-corrected chi connectivity index (χ2v) is 5.85. The van der Waals surface area contributed by atoms with Crippen molar-refractivity contribution in [2.75, 3.05) is 23.5 Å². The lowest BCUT2D eigenvalue weighted by Gasteiger charge is -2.16. The van der Waals surface area contributed by atoms with Crippen LogP contribution >= 0.6 is 11.8 Å². The van der Waals surface area contributed by atoms with Gasteiger partial charge < -0.3 is 10.2 Å². The number of rotatable bonds is 3. The Morgan fingerprint density at radius 3 is 2.47 bits per heavy atom. The number of carbonyl (C=O) groups is 2. The van der Waals surface area contributed by atoms with Gasteiger partial charge in [-0.25, -0.2) is 0 Å². The van der Waals surface area contributed by atoms with Crippen LogP contribution in [0.25, 0.3) is 0 Å². The fourth-order valence-corrected chi connectivity index (χ4v) is 3.17. The molecular weight excluding hydrogens is 260 g/mol. The van der Waals surface area contributed by atoms with E-state index in [-0.39, 0.29) is 18.4 Å². The van der Waals surface area contributed by atoms with Crippen LogP contribution in [-0.4, -0.2) is 34.9 Å². The van der Waals surface area contributed by atoms with E-state index >= 15 is 0 Å². The molecule has 1 fully saturated rings. The van der Waals surface area contributed by atoms with E-state index in [9.17, 15) is 9.59 Å². The molecule has 1 aromatic carbocycles. The number of amides is 2. The van der Waals surface area contributed by atoms with E-state index in [1.165, 1.54) is 5.56 Å². The highest BCUT2D eigenvalue weighted by Crippen LogP contribution is 2.22. The topological polar surface area (TPSA) is 49.4 Å². The second-order valence-electron chi connectivity index (χ2n) is 4.89. The Morgan fingerprint density at radius 1 is 1.32 bits per heavy atom. The fraction of sp³-hybridized carbons (Fsp3) is 0.429. The van der Waals surface area contributed by atoms with Gasteiger partial charge in [0, 0.05) is 5.69 Å². The molecule has 1 aliphatic rings. The van der Waals surface area contributed by atoms with Gasteiger partial charge in [0.15, 0.2) is 0 Å². The van der Waals surface area contributed by atoms with Gasteiger partial charge in [0.2, 0.25) is 11.8 Å². The molecule has 19 heavy (non-hydrogen) atoms. The lowest BCUT2D eigenvalue weighted by molar-refractivity contribution is -0.130. The van der Waals surface area contributed by atoms with Crippen molar-refractivity contribution in [2.45, 2.75) is 20.8 Å². The Hall–Kier alpha value is -1.49. The maximum atomic E-state index is 12.0. The van der Waals surface area contributed by atoms with Gasteiger partial charge in [0.1, 0.15) is 6.54 Å². The summed E-state index contributed by atoms with van der Waals surface area (Å²) in [5.74, 6) is 0.997. The minimum Gasteiger partial charge on any atom is -0.324 e. The molecule has 0 aromatic heterocycles. The van der Waals surface area contributed by atoms with Gasteiger partial charge in [-0.05, 0) is 31.9 Å². The molecule has 0 radical (unpaired) electrons. The Kier molecular flexibility index (Phi) is 4.14. The van der Waals surface area contributed by atoms with Gasteiger partial charge >= 0.3 is 0 Å². The summed E-state index contributed by atoms with van der Waals surface area (Å²) in [6.07, 6.45) is 0. The first-order chi connectivity index (χ1) is 8.97. The van der Waals surface area contributed by atoms with Gasteiger partial charge in [0.05, 0.1) is 11.6 Å². The molecule has 102 valence electrons. The van der Waals surface area contributed by atoms with Crippen LogP contribution in [0.15, 0.2) is 12.1 Å². The van der Waals surface area contributed by atoms with Crippen LogP contribution in [0.5, 0.6) is 0 Å². The molecule has 4 nitrogen and oxygen atoms in total. The summed E-state index contributed by atoms with van der Waals surface area (Å²) in [6.45, 7) is 6.13. The number of nitrogens with one attached hydrogen (secondary N) is 1. The van der Waals surface area contributed by atoms with Gasteiger partial charge in [-0.15, -0.1) is 11.8 Å². The highest BCUT2D eigenvalue weighted by molar-refractivity contribution is 8.00. The summed E-state index contributed by atoms with van der Waals surface area (Å²) in [6, 6.07) is 4.08. The quantitative estimate of drug-likeness (QED) is 0.921. The first-order valence-electron chi connectivity index (χ1n) is 6.20. The zero-order valence-electron chi connectivity index (χ0n) is 11.4. The number of nitrogens with zero attached hydrogens (tertiary/aromatic N) is 1. The van der Waals surface area contributed by atoms with Gasteiger partial charge in [-0.3, -0.25) is 9.59 Å². The Labute approximate surface area is 117 Å². The van der Waals surface area contributed by atoms with Crippen molar-refractivity contribution in [3.8, 4) is 0 Å². The average Bonchev–Trinajstić information content (AvgIpc) is 2.69. The number of hydrogen-bond donors (Lipinski definition) is 1. The molecule has 5 heteroatoms. The maximum absolute atomic E-state index is 12.0. The summed E-state index contributed by atoms with van der Waals surface area (Å²) in [4.78, 5) is 25.0. The van der Waals surface area contributed by atoms with E-state index in [2.05, 4.69) is 5.32 Å². The molecule has 0 spiro atoms. The van der Waals surface area contributed by atoms with Crippen molar-refractivity contribution in [3.05, 3.63) is 28.8 Å². The largest absolute Gasteiger partial charge is 0.324 e. The lowest BCUT2D eigenvalue weighted by atomic mass is 10.1. The van der Waals surface area contributed by atoms with Crippen LogP contribution in [0.1, 0.15) is 16.7 Å². The van der Waals surface area contributed by atoms with Crippen molar-refractivity contribution in [1.82, 2.24) is 4.90 Å². The minimum absolute atomic E-state index is 0.0394. The van der Waals surface area contributed by atoms with Crippen LogP contribution in [0.2, 0.25) is 0 Å². The molecule has 1 aliphatic heterocycles. The van der Waals surface area contributed by atoms with Crippen LogP contribution in [0.3, 0.4) is 0 Å². The van der Waals surface area contributed by atoms with Crippen molar-refractivity contribution >= 4 is 29.3 Å². The standard InChI is InChI=1S/C14H18N2O2S/c1-9-4-10(2)14(11(3)5-9)15-12(17)6-16-8-19-7-13(16)18/h4-5H,6-8H2,1-3H3,(H,15,17). The summed E-state index contributed by atoms with van der Waals surface area (Å²) < 4.78 is 0. The van der Waals surface area contributed by atoms with Crippen molar-refractivity contribution < 1.29 is 9.59 Å². The Balaban J connectivity index is 2.05. The monoisotopic (exact) mass is 278 g/mol. The molecule has 2 rings (SSSR count). The number of hydrogen-bond acceptors (Lipinski definition) is 3. The second kappa shape index (κ2) is 5.65.